The number of hydrogen-bond donors (Lipinski definition) is 2. The van der Waals surface area contributed by atoms with Crippen molar-refractivity contribution < 1.29 is 13.6 Å². The fraction of sp³-hybridized carbons (Fsp3) is 0.917. The lowest BCUT2D eigenvalue weighted by Crippen LogP contribution is -2.43. The number of nitrogens with one attached hydrogen (secondary N) is 2. The zero-order chi connectivity index (χ0) is 13.1. The van der Waals surface area contributed by atoms with Crippen LogP contribution in [0.2, 0.25) is 0 Å². The van der Waals surface area contributed by atoms with Gasteiger partial charge in [0.25, 0.3) is 5.92 Å². The summed E-state index contributed by atoms with van der Waals surface area (Å²) in [6, 6.07) is -0.685. The SMILES string of the molecule is CC1(C)C(NC(=O)C2CC(F)(F)CN2)C1(C)C.Cl. The van der Waals surface area contributed by atoms with Crippen LogP contribution in [0, 0.1) is 10.8 Å². The van der Waals surface area contributed by atoms with Gasteiger partial charge in [-0.1, -0.05) is 27.7 Å². The van der Waals surface area contributed by atoms with E-state index in [1.54, 1.807) is 0 Å². The van der Waals surface area contributed by atoms with Gasteiger partial charge in [-0.3, -0.25) is 10.1 Å². The Balaban J connectivity index is 0.00000162. The highest BCUT2D eigenvalue weighted by Crippen LogP contribution is 2.62. The largest absolute Gasteiger partial charge is 0.351 e. The van der Waals surface area contributed by atoms with Crippen molar-refractivity contribution in [1.29, 1.82) is 0 Å². The molecule has 1 unspecified atom stereocenters. The van der Waals surface area contributed by atoms with Gasteiger partial charge in [0.1, 0.15) is 0 Å². The first-order valence-corrected chi connectivity index (χ1v) is 5.99. The van der Waals surface area contributed by atoms with Crippen molar-refractivity contribution in [3.05, 3.63) is 0 Å². The van der Waals surface area contributed by atoms with Crippen LogP contribution in [0.15, 0.2) is 0 Å². The van der Waals surface area contributed by atoms with Crippen molar-refractivity contribution in [2.75, 3.05) is 6.54 Å². The van der Waals surface area contributed by atoms with Gasteiger partial charge in [-0.15, -0.1) is 12.4 Å². The minimum absolute atomic E-state index is 0. The first kappa shape index (κ1) is 15.6. The van der Waals surface area contributed by atoms with Crippen molar-refractivity contribution in [2.24, 2.45) is 10.8 Å². The molecule has 1 atom stereocenters. The van der Waals surface area contributed by atoms with Crippen LogP contribution < -0.4 is 10.6 Å². The van der Waals surface area contributed by atoms with Crippen LogP contribution in [-0.2, 0) is 4.79 Å². The first-order valence-electron chi connectivity index (χ1n) is 5.99. The molecule has 106 valence electrons. The van der Waals surface area contributed by atoms with Gasteiger partial charge in [-0.05, 0) is 10.8 Å². The molecular formula is C12H21ClF2N2O. The molecule has 1 saturated heterocycles. The average molecular weight is 283 g/mol. The topological polar surface area (TPSA) is 41.1 Å². The van der Waals surface area contributed by atoms with Crippen molar-refractivity contribution >= 4 is 18.3 Å². The molecule has 18 heavy (non-hydrogen) atoms. The van der Waals surface area contributed by atoms with Crippen LogP contribution >= 0.6 is 12.4 Å². The normalized spacial score (nSPS) is 31.6. The van der Waals surface area contributed by atoms with Crippen molar-refractivity contribution in [3.63, 3.8) is 0 Å². The fourth-order valence-corrected chi connectivity index (χ4v) is 2.70. The molecule has 2 aliphatic rings. The summed E-state index contributed by atoms with van der Waals surface area (Å²) in [5, 5.41) is 5.45. The summed E-state index contributed by atoms with van der Waals surface area (Å²) in [4.78, 5) is 11.9. The molecule has 1 aliphatic carbocycles. The van der Waals surface area contributed by atoms with Crippen LogP contribution in [0.5, 0.6) is 0 Å². The molecule has 2 rings (SSSR count). The molecule has 0 aromatic rings. The summed E-state index contributed by atoms with van der Waals surface area (Å²) in [6.45, 7) is 7.91. The molecule has 0 spiro atoms. The highest BCUT2D eigenvalue weighted by Gasteiger charge is 2.65. The quantitative estimate of drug-likeness (QED) is 0.813. The van der Waals surface area contributed by atoms with Crippen molar-refractivity contribution in [2.45, 2.75) is 52.1 Å². The second-order valence-corrected chi connectivity index (χ2v) is 6.38. The smallest absolute Gasteiger partial charge is 0.262 e. The van der Waals surface area contributed by atoms with Gasteiger partial charge in [0.2, 0.25) is 5.91 Å². The summed E-state index contributed by atoms with van der Waals surface area (Å²) >= 11 is 0. The molecule has 2 N–H and O–H groups in total. The van der Waals surface area contributed by atoms with Crippen molar-refractivity contribution in [1.82, 2.24) is 10.6 Å². The Morgan fingerprint density at radius 1 is 1.22 bits per heavy atom. The minimum Gasteiger partial charge on any atom is -0.351 e. The summed E-state index contributed by atoms with van der Waals surface area (Å²) < 4.78 is 25.9. The van der Waals surface area contributed by atoms with Crippen LogP contribution in [0.4, 0.5) is 8.78 Å². The third kappa shape index (κ3) is 2.35. The lowest BCUT2D eigenvalue weighted by molar-refractivity contribution is -0.123. The molecule has 1 aliphatic heterocycles. The number of carbonyl (C=O) groups excluding carboxylic acids is 1. The lowest BCUT2D eigenvalue weighted by atomic mass is 10.0. The maximum Gasteiger partial charge on any atom is 0.262 e. The maximum absolute atomic E-state index is 13.0. The van der Waals surface area contributed by atoms with Gasteiger partial charge in [-0.25, -0.2) is 8.78 Å². The first-order chi connectivity index (χ1) is 7.58. The molecule has 0 bridgehead atoms. The van der Waals surface area contributed by atoms with Crippen LogP contribution in [0.25, 0.3) is 0 Å². The van der Waals surface area contributed by atoms with E-state index >= 15 is 0 Å². The van der Waals surface area contributed by atoms with Crippen molar-refractivity contribution in [3.8, 4) is 0 Å². The number of alkyl halides is 2. The molecule has 1 saturated carbocycles. The predicted molar refractivity (Wildman–Crippen MR) is 68.1 cm³/mol. The highest BCUT2D eigenvalue weighted by molar-refractivity contribution is 5.85. The molecule has 3 nitrogen and oxygen atoms in total. The Kier molecular flexibility index (Phi) is 3.74. The van der Waals surface area contributed by atoms with E-state index in [0.717, 1.165) is 0 Å². The van der Waals surface area contributed by atoms with Gasteiger partial charge < -0.3 is 5.32 Å². The van der Waals surface area contributed by atoms with Crippen LogP contribution in [0.3, 0.4) is 0 Å². The fourth-order valence-electron chi connectivity index (χ4n) is 2.70. The molecule has 0 aromatic heterocycles. The van der Waals surface area contributed by atoms with E-state index in [0.29, 0.717) is 0 Å². The predicted octanol–water partition coefficient (Wildman–Crippen LogP) is 1.96. The van der Waals surface area contributed by atoms with Gasteiger partial charge in [0.15, 0.2) is 0 Å². The average Bonchev–Trinajstić information content (AvgIpc) is 2.49. The van der Waals surface area contributed by atoms with E-state index in [-0.39, 0.29) is 35.2 Å². The molecule has 1 heterocycles. The van der Waals surface area contributed by atoms with Gasteiger partial charge in [0, 0.05) is 12.5 Å². The third-order valence-corrected chi connectivity index (χ3v) is 4.73. The van der Waals surface area contributed by atoms with Gasteiger partial charge in [-0.2, -0.15) is 0 Å². The van der Waals surface area contributed by atoms with E-state index in [1.165, 1.54) is 0 Å². The van der Waals surface area contributed by atoms with E-state index < -0.39 is 24.9 Å². The summed E-state index contributed by atoms with van der Waals surface area (Å²) in [5.41, 5.74) is 0.0631. The monoisotopic (exact) mass is 282 g/mol. The second-order valence-electron chi connectivity index (χ2n) is 6.38. The van der Waals surface area contributed by atoms with E-state index in [1.807, 2.05) is 0 Å². The molecule has 0 aromatic carbocycles. The maximum atomic E-state index is 13.0. The standard InChI is InChI=1S/C12H20F2N2O.ClH/c1-10(2)9(11(10,3)4)16-8(17)7-5-12(13,14)6-15-7;/h7,9,15H,5-6H2,1-4H3,(H,16,17);1H. The van der Waals surface area contributed by atoms with Crippen LogP contribution in [-0.4, -0.2) is 30.5 Å². The summed E-state index contributed by atoms with van der Waals surface area (Å²) in [5.74, 6) is -3.05. The van der Waals surface area contributed by atoms with Gasteiger partial charge in [0.05, 0.1) is 12.6 Å². The Morgan fingerprint density at radius 2 is 1.72 bits per heavy atom. The van der Waals surface area contributed by atoms with Crippen LogP contribution in [0.1, 0.15) is 34.1 Å². The number of halogens is 3. The summed E-state index contributed by atoms with van der Waals surface area (Å²) in [6.07, 6.45) is -0.396. The molecule has 1 amide bonds. The number of amides is 1. The van der Waals surface area contributed by atoms with E-state index in [4.69, 9.17) is 0 Å². The Morgan fingerprint density at radius 3 is 2.06 bits per heavy atom. The lowest BCUT2D eigenvalue weighted by Gasteiger charge is -2.12. The molecule has 2 fully saturated rings. The Bertz CT molecular complexity index is 344. The second kappa shape index (κ2) is 4.30. The zero-order valence-electron chi connectivity index (χ0n) is 11.1. The third-order valence-electron chi connectivity index (χ3n) is 4.73. The van der Waals surface area contributed by atoms with E-state index in [2.05, 4.69) is 38.3 Å². The number of carbonyl (C=O) groups is 1. The molecule has 0 radical (unpaired) electrons. The Labute approximate surface area is 112 Å². The zero-order valence-corrected chi connectivity index (χ0v) is 12.0. The number of rotatable bonds is 2. The molecule has 6 heteroatoms. The van der Waals surface area contributed by atoms with Gasteiger partial charge >= 0.3 is 0 Å². The summed E-state index contributed by atoms with van der Waals surface area (Å²) in [7, 11) is 0. The highest BCUT2D eigenvalue weighted by atomic mass is 35.5. The number of hydrogen-bond acceptors (Lipinski definition) is 2. The van der Waals surface area contributed by atoms with E-state index in [9.17, 15) is 13.6 Å². The minimum atomic E-state index is -2.75. The molecular weight excluding hydrogens is 262 g/mol. The Hall–Kier alpha value is -0.420.